The van der Waals surface area contributed by atoms with Gasteiger partial charge in [-0.3, -0.25) is 4.79 Å². The number of hydrogen-bond donors (Lipinski definition) is 2. The van der Waals surface area contributed by atoms with Gasteiger partial charge in [-0.2, -0.15) is 11.8 Å². The van der Waals surface area contributed by atoms with E-state index in [0.29, 0.717) is 6.42 Å². The number of hydrogen-bond acceptors (Lipinski definition) is 3. The largest absolute Gasteiger partial charge is 0.480 e. The fraction of sp³-hybridized carbons (Fsp3) is 0.909. The first kappa shape index (κ1) is 26.3. The van der Waals surface area contributed by atoms with Crippen molar-refractivity contribution in [3.05, 3.63) is 0 Å². The van der Waals surface area contributed by atoms with E-state index in [1.807, 2.05) is 0 Å². The summed E-state index contributed by atoms with van der Waals surface area (Å²) in [5.41, 5.74) is 0. The molecule has 0 aliphatic heterocycles. The predicted molar refractivity (Wildman–Crippen MR) is 117 cm³/mol. The zero-order valence-corrected chi connectivity index (χ0v) is 18.6. The van der Waals surface area contributed by atoms with Crippen LogP contribution in [0.1, 0.15) is 110 Å². The molecule has 0 aromatic carbocycles. The number of nitrogens with one attached hydrogen (secondary N) is 1. The Bertz CT molecular complexity index is 363. The fourth-order valence-corrected chi connectivity index (χ4v) is 4.22. The predicted octanol–water partition coefficient (Wildman–Crippen LogP) is 6.18. The summed E-state index contributed by atoms with van der Waals surface area (Å²) in [7, 11) is 0. The van der Waals surface area contributed by atoms with Gasteiger partial charge in [0.2, 0.25) is 5.91 Å². The van der Waals surface area contributed by atoms with Gasteiger partial charge in [0.15, 0.2) is 0 Å². The number of amides is 1. The lowest BCUT2D eigenvalue weighted by Crippen LogP contribution is -2.39. The molecule has 160 valence electrons. The summed E-state index contributed by atoms with van der Waals surface area (Å²) in [6.07, 6.45) is 19.7. The molecule has 27 heavy (non-hydrogen) atoms. The molecule has 0 saturated carbocycles. The second-order valence-electron chi connectivity index (χ2n) is 7.59. The van der Waals surface area contributed by atoms with E-state index in [-0.39, 0.29) is 5.91 Å². The van der Waals surface area contributed by atoms with E-state index in [9.17, 15) is 9.59 Å². The summed E-state index contributed by atoms with van der Waals surface area (Å²) in [5, 5.41) is 11.5. The monoisotopic (exact) mass is 401 g/mol. The number of rotatable bonds is 20. The highest BCUT2D eigenvalue weighted by Crippen LogP contribution is 2.14. The third-order valence-corrected chi connectivity index (χ3v) is 5.97. The average molecular weight is 402 g/mol. The Kier molecular flexibility index (Phi) is 19.5. The van der Waals surface area contributed by atoms with Crippen molar-refractivity contribution < 1.29 is 14.7 Å². The first-order valence-corrected chi connectivity index (χ1v) is 12.3. The van der Waals surface area contributed by atoms with Crippen molar-refractivity contribution in [2.45, 2.75) is 116 Å². The van der Waals surface area contributed by atoms with Crippen molar-refractivity contribution in [2.75, 3.05) is 11.5 Å². The maximum Gasteiger partial charge on any atom is 0.326 e. The topological polar surface area (TPSA) is 66.4 Å². The van der Waals surface area contributed by atoms with Crippen LogP contribution in [0.4, 0.5) is 0 Å². The highest BCUT2D eigenvalue weighted by atomic mass is 32.2. The normalized spacial score (nSPS) is 12.1. The van der Waals surface area contributed by atoms with Crippen LogP contribution in [0.15, 0.2) is 0 Å². The van der Waals surface area contributed by atoms with E-state index in [1.165, 1.54) is 96.8 Å². The Labute approximate surface area is 171 Å². The van der Waals surface area contributed by atoms with Crippen LogP contribution in [-0.2, 0) is 9.59 Å². The molecule has 1 atom stereocenters. The molecule has 0 fully saturated rings. The Hall–Kier alpha value is -0.710. The van der Waals surface area contributed by atoms with E-state index >= 15 is 0 Å². The number of aliphatic carboxylic acids is 1. The molecular formula is C22H43NO3S. The molecule has 0 aliphatic rings. The lowest BCUT2D eigenvalue weighted by Gasteiger charge is -2.12. The second kappa shape index (κ2) is 20.0. The number of carbonyl (C=O) groups excluding carboxylic acids is 1. The Morgan fingerprint density at radius 1 is 0.778 bits per heavy atom. The smallest absolute Gasteiger partial charge is 0.326 e. The maximum absolute atomic E-state index is 11.0. The highest BCUT2D eigenvalue weighted by molar-refractivity contribution is 7.99. The van der Waals surface area contributed by atoms with E-state index < -0.39 is 12.0 Å². The molecule has 0 rings (SSSR count). The van der Waals surface area contributed by atoms with Gasteiger partial charge in [-0.15, -0.1) is 0 Å². The molecule has 0 bridgehead atoms. The molecule has 5 heteroatoms. The van der Waals surface area contributed by atoms with Gasteiger partial charge < -0.3 is 10.4 Å². The molecule has 1 amide bonds. The first-order chi connectivity index (χ1) is 13.1. The Morgan fingerprint density at radius 3 is 1.63 bits per heavy atom. The van der Waals surface area contributed by atoms with Crippen molar-refractivity contribution in [1.29, 1.82) is 0 Å². The standard InChI is InChI=1S/C22H43NO3S/c1-3-4-5-6-7-8-9-10-11-12-13-14-15-16-18-27-19-17-21(22(25)26)23-20(2)24/h21H,3-19H2,1-2H3,(H,23,24)(H,25,26)/t21-/m0/s1. The third kappa shape index (κ3) is 19.8. The van der Waals surface area contributed by atoms with Crippen LogP contribution in [0.2, 0.25) is 0 Å². The highest BCUT2D eigenvalue weighted by Gasteiger charge is 2.17. The summed E-state index contributed by atoms with van der Waals surface area (Å²) in [6.45, 7) is 3.63. The zero-order chi connectivity index (χ0) is 20.2. The number of carbonyl (C=O) groups is 2. The molecule has 0 heterocycles. The van der Waals surface area contributed by atoms with Crippen LogP contribution in [-0.4, -0.2) is 34.5 Å². The molecule has 0 aromatic rings. The van der Waals surface area contributed by atoms with Crippen molar-refractivity contribution >= 4 is 23.6 Å². The van der Waals surface area contributed by atoms with Crippen molar-refractivity contribution in [3.63, 3.8) is 0 Å². The van der Waals surface area contributed by atoms with Crippen LogP contribution >= 0.6 is 11.8 Å². The molecule has 0 aliphatic carbocycles. The number of carboxylic acids is 1. The minimum absolute atomic E-state index is 0.278. The van der Waals surface area contributed by atoms with Gasteiger partial charge in [0.05, 0.1) is 0 Å². The average Bonchev–Trinajstić information content (AvgIpc) is 2.62. The molecule has 0 radical (unpaired) electrons. The van der Waals surface area contributed by atoms with Crippen molar-refractivity contribution in [2.24, 2.45) is 0 Å². The summed E-state index contributed by atoms with van der Waals surface area (Å²) < 4.78 is 0. The maximum atomic E-state index is 11.0. The van der Waals surface area contributed by atoms with E-state index in [4.69, 9.17) is 5.11 Å². The van der Waals surface area contributed by atoms with Crippen molar-refractivity contribution in [1.82, 2.24) is 5.32 Å². The first-order valence-electron chi connectivity index (χ1n) is 11.2. The van der Waals surface area contributed by atoms with Crippen LogP contribution in [0.5, 0.6) is 0 Å². The number of carboxylic acid groups (broad SMARTS) is 1. The second-order valence-corrected chi connectivity index (χ2v) is 8.81. The lowest BCUT2D eigenvalue weighted by atomic mass is 10.0. The van der Waals surface area contributed by atoms with E-state index in [1.54, 1.807) is 11.8 Å². The van der Waals surface area contributed by atoms with Gasteiger partial charge in [-0.1, -0.05) is 90.4 Å². The van der Waals surface area contributed by atoms with Gasteiger partial charge in [0.25, 0.3) is 0 Å². The summed E-state index contributed by atoms with van der Waals surface area (Å²) >= 11 is 1.80. The van der Waals surface area contributed by atoms with Crippen molar-refractivity contribution in [3.8, 4) is 0 Å². The Morgan fingerprint density at radius 2 is 1.22 bits per heavy atom. The lowest BCUT2D eigenvalue weighted by molar-refractivity contribution is -0.141. The van der Waals surface area contributed by atoms with Gasteiger partial charge in [0.1, 0.15) is 6.04 Å². The molecule has 4 nitrogen and oxygen atoms in total. The molecular weight excluding hydrogens is 358 g/mol. The summed E-state index contributed by atoms with van der Waals surface area (Å²) in [6, 6.07) is -0.744. The number of thioether (sulfide) groups is 1. The zero-order valence-electron chi connectivity index (χ0n) is 17.8. The minimum Gasteiger partial charge on any atom is -0.480 e. The van der Waals surface area contributed by atoms with Crippen LogP contribution < -0.4 is 5.32 Å². The minimum atomic E-state index is -0.942. The van der Waals surface area contributed by atoms with E-state index in [0.717, 1.165) is 11.5 Å². The van der Waals surface area contributed by atoms with E-state index in [2.05, 4.69) is 12.2 Å². The van der Waals surface area contributed by atoms with Crippen LogP contribution in [0.3, 0.4) is 0 Å². The molecule has 0 spiro atoms. The molecule has 2 N–H and O–H groups in total. The summed E-state index contributed by atoms with van der Waals surface area (Å²) in [4.78, 5) is 22.0. The van der Waals surface area contributed by atoms with Gasteiger partial charge in [0, 0.05) is 6.92 Å². The van der Waals surface area contributed by atoms with Gasteiger partial charge in [-0.25, -0.2) is 4.79 Å². The molecule has 0 saturated heterocycles. The molecule has 0 unspecified atom stereocenters. The Balaban J connectivity index is 3.24. The third-order valence-electron chi connectivity index (χ3n) is 4.87. The summed E-state index contributed by atoms with van der Waals surface area (Å²) in [5.74, 6) is 0.654. The van der Waals surface area contributed by atoms with Crippen LogP contribution in [0, 0.1) is 0 Å². The molecule has 0 aromatic heterocycles. The van der Waals surface area contributed by atoms with Gasteiger partial charge in [-0.05, 0) is 24.3 Å². The van der Waals surface area contributed by atoms with Crippen LogP contribution in [0.25, 0.3) is 0 Å². The fourth-order valence-electron chi connectivity index (χ4n) is 3.20. The quantitative estimate of drug-likeness (QED) is 0.239. The SMILES string of the molecule is CCCCCCCCCCCCCCCCSCC[C@H](NC(C)=O)C(=O)O. The number of unbranched alkanes of at least 4 members (excludes halogenated alkanes) is 13. The van der Waals surface area contributed by atoms with Gasteiger partial charge >= 0.3 is 5.97 Å².